The summed E-state index contributed by atoms with van der Waals surface area (Å²) in [5, 5.41) is 4.84. The monoisotopic (exact) mass is 573 g/mol. The van der Waals surface area contributed by atoms with E-state index in [0.29, 0.717) is 17.5 Å². The molecule has 0 spiro atoms. The Morgan fingerprint density at radius 1 is 0.333 bits per heavy atom. The molecule has 1 aromatic heterocycles. The van der Waals surface area contributed by atoms with Crippen LogP contribution in [0.1, 0.15) is 11.1 Å². The Morgan fingerprint density at radius 2 is 0.911 bits per heavy atom. The van der Waals surface area contributed by atoms with Crippen LogP contribution in [0.4, 0.5) is 0 Å². The summed E-state index contributed by atoms with van der Waals surface area (Å²) in [4.78, 5) is 15.0. The fraction of sp³-hybridized carbons (Fsp3) is 0.0238. The lowest BCUT2D eigenvalue weighted by atomic mass is 9.96. The Morgan fingerprint density at radius 3 is 1.76 bits per heavy atom. The first-order chi connectivity index (χ1) is 22.3. The van der Waals surface area contributed by atoms with Gasteiger partial charge in [0.2, 0.25) is 0 Å². The predicted octanol–water partition coefficient (Wildman–Crippen LogP) is 10.4. The van der Waals surface area contributed by atoms with Crippen LogP contribution in [0, 0.1) is 0 Å². The van der Waals surface area contributed by atoms with Crippen molar-refractivity contribution in [1.82, 2.24) is 15.0 Å². The molecule has 0 atom stereocenters. The molecule has 8 aromatic rings. The molecule has 210 valence electrons. The van der Waals surface area contributed by atoms with Crippen molar-refractivity contribution < 1.29 is 0 Å². The molecule has 1 heterocycles. The molecule has 9 rings (SSSR count). The van der Waals surface area contributed by atoms with E-state index in [0.717, 1.165) is 28.5 Å². The minimum atomic E-state index is 0.669. The Kier molecular flexibility index (Phi) is 5.88. The second kappa shape index (κ2) is 10.4. The molecule has 0 unspecified atom stereocenters. The fourth-order valence-electron chi connectivity index (χ4n) is 6.66. The molecule has 1 aliphatic rings. The minimum absolute atomic E-state index is 0.669. The third-order valence-corrected chi connectivity index (χ3v) is 8.92. The molecule has 0 radical (unpaired) electrons. The lowest BCUT2D eigenvalue weighted by molar-refractivity contribution is 1.07. The van der Waals surface area contributed by atoms with Gasteiger partial charge in [-0.2, -0.15) is 0 Å². The summed E-state index contributed by atoms with van der Waals surface area (Å²) in [5.74, 6) is 2.03. The highest BCUT2D eigenvalue weighted by atomic mass is 15.0. The molecule has 0 amide bonds. The second-order valence-corrected chi connectivity index (χ2v) is 11.7. The summed E-state index contributed by atoms with van der Waals surface area (Å²) < 4.78 is 0. The van der Waals surface area contributed by atoms with Gasteiger partial charge in [0, 0.05) is 16.7 Å². The fourth-order valence-corrected chi connectivity index (χ4v) is 6.66. The summed E-state index contributed by atoms with van der Waals surface area (Å²) in [6.45, 7) is 0. The van der Waals surface area contributed by atoms with Crippen molar-refractivity contribution in [1.29, 1.82) is 0 Å². The van der Waals surface area contributed by atoms with Crippen molar-refractivity contribution in [2.24, 2.45) is 0 Å². The summed E-state index contributed by atoms with van der Waals surface area (Å²) in [5.41, 5.74) is 10.7. The van der Waals surface area contributed by atoms with Gasteiger partial charge in [-0.1, -0.05) is 133 Å². The Hall–Kier alpha value is -5.93. The maximum absolute atomic E-state index is 5.06. The molecule has 0 saturated carbocycles. The lowest BCUT2D eigenvalue weighted by Crippen LogP contribution is -2.00. The standard InChI is InChI=1S/C42H27N3/c1-2-10-28(11-3-1)40-43-41(45-42(44-40)34-21-22-39-35(26-34)25-31-12-5-7-15-37(31)39)33-20-18-29-23-32(19-17-30(29)24-33)38-16-8-13-27-9-4-6-14-36(27)38/h1-24,26H,25H2. The van der Waals surface area contributed by atoms with Crippen LogP contribution in [0.2, 0.25) is 0 Å². The van der Waals surface area contributed by atoms with E-state index in [-0.39, 0.29) is 0 Å². The van der Waals surface area contributed by atoms with E-state index < -0.39 is 0 Å². The van der Waals surface area contributed by atoms with Crippen molar-refractivity contribution >= 4 is 21.5 Å². The van der Waals surface area contributed by atoms with E-state index in [1.807, 2.05) is 18.2 Å². The SMILES string of the molecule is c1ccc(-c2nc(-c3ccc4c(c3)Cc3ccccc3-4)nc(-c3ccc4cc(-c5cccc6ccccc56)ccc4c3)n2)cc1. The van der Waals surface area contributed by atoms with Crippen molar-refractivity contribution in [3.05, 3.63) is 163 Å². The first-order valence-electron chi connectivity index (χ1n) is 15.3. The zero-order valence-corrected chi connectivity index (χ0v) is 24.5. The molecule has 0 N–H and O–H groups in total. The van der Waals surface area contributed by atoms with Gasteiger partial charge in [-0.15, -0.1) is 0 Å². The zero-order valence-electron chi connectivity index (χ0n) is 24.5. The van der Waals surface area contributed by atoms with E-state index in [4.69, 9.17) is 15.0 Å². The summed E-state index contributed by atoms with van der Waals surface area (Å²) in [6, 6.07) is 53.7. The first-order valence-corrected chi connectivity index (χ1v) is 15.3. The first kappa shape index (κ1) is 25.6. The lowest BCUT2D eigenvalue weighted by Gasteiger charge is -2.11. The topological polar surface area (TPSA) is 38.7 Å². The molecular weight excluding hydrogens is 546 g/mol. The molecule has 0 saturated heterocycles. The third-order valence-electron chi connectivity index (χ3n) is 8.92. The van der Waals surface area contributed by atoms with Crippen LogP contribution in [-0.4, -0.2) is 15.0 Å². The van der Waals surface area contributed by atoms with Gasteiger partial charge in [-0.05, 0) is 79.5 Å². The predicted molar refractivity (Wildman–Crippen MR) is 185 cm³/mol. The summed E-state index contributed by atoms with van der Waals surface area (Å²) in [6.07, 6.45) is 0.925. The highest BCUT2D eigenvalue weighted by molar-refractivity contribution is 5.99. The molecule has 0 fully saturated rings. The number of rotatable bonds is 4. The third kappa shape index (κ3) is 4.49. The van der Waals surface area contributed by atoms with Gasteiger partial charge < -0.3 is 0 Å². The number of aromatic nitrogens is 3. The maximum atomic E-state index is 5.06. The maximum Gasteiger partial charge on any atom is 0.164 e. The van der Waals surface area contributed by atoms with Crippen molar-refractivity contribution in [2.45, 2.75) is 6.42 Å². The Bertz CT molecular complexity index is 2400. The molecule has 0 bridgehead atoms. The van der Waals surface area contributed by atoms with Crippen LogP contribution >= 0.6 is 0 Å². The average Bonchev–Trinajstić information content (AvgIpc) is 3.49. The van der Waals surface area contributed by atoms with Gasteiger partial charge in [0.15, 0.2) is 17.5 Å². The summed E-state index contributed by atoms with van der Waals surface area (Å²) in [7, 11) is 0. The van der Waals surface area contributed by atoms with Crippen molar-refractivity contribution in [2.75, 3.05) is 0 Å². The highest BCUT2D eigenvalue weighted by Crippen LogP contribution is 2.39. The number of hydrogen-bond acceptors (Lipinski definition) is 3. The molecular formula is C42H27N3. The van der Waals surface area contributed by atoms with Crippen LogP contribution < -0.4 is 0 Å². The zero-order chi connectivity index (χ0) is 29.7. The van der Waals surface area contributed by atoms with Crippen LogP contribution in [0.25, 0.3) is 78.0 Å². The average molecular weight is 574 g/mol. The molecule has 7 aromatic carbocycles. The molecule has 3 heteroatoms. The van der Waals surface area contributed by atoms with Crippen LogP contribution in [0.15, 0.2) is 152 Å². The van der Waals surface area contributed by atoms with Gasteiger partial charge >= 0.3 is 0 Å². The Labute approximate surface area is 261 Å². The normalized spacial score (nSPS) is 11.9. The van der Waals surface area contributed by atoms with Crippen LogP contribution in [-0.2, 0) is 6.42 Å². The number of nitrogens with zero attached hydrogens (tertiary/aromatic N) is 3. The number of fused-ring (bicyclic) bond motifs is 5. The summed E-state index contributed by atoms with van der Waals surface area (Å²) >= 11 is 0. The van der Waals surface area contributed by atoms with Gasteiger partial charge in [0.25, 0.3) is 0 Å². The van der Waals surface area contributed by atoms with E-state index >= 15 is 0 Å². The van der Waals surface area contributed by atoms with Crippen molar-refractivity contribution in [3.63, 3.8) is 0 Å². The molecule has 0 aliphatic heterocycles. The quantitative estimate of drug-likeness (QED) is 0.210. The van der Waals surface area contributed by atoms with Crippen LogP contribution in [0.5, 0.6) is 0 Å². The Balaban J connectivity index is 1.14. The van der Waals surface area contributed by atoms with E-state index in [2.05, 4.69) is 133 Å². The minimum Gasteiger partial charge on any atom is -0.208 e. The van der Waals surface area contributed by atoms with Gasteiger partial charge in [0.1, 0.15) is 0 Å². The number of hydrogen-bond donors (Lipinski definition) is 0. The molecule has 45 heavy (non-hydrogen) atoms. The van der Waals surface area contributed by atoms with Gasteiger partial charge in [-0.25, -0.2) is 15.0 Å². The largest absolute Gasteiger partial charge is 0.208 e. The molecule has 3 nitrogen and oxygen atoms in total. The van der Waals surface area contributed by atoms with E-state index in [1.165, 1.54) is 49.5 Å². The van der Waals surface area contributed by atoms with Gasteiger partial charge in [-0.3, -0.25) is 0 Å². The number of benzene rings is 7. The van der Waals surface area contributed by atoms with E-state index in [9.17, 15) is 0 Å². The highest BCUT2D eigenvalue weighted by Gasteiger charge is 2.20. The van der Waals surface area contributed by atoms with E-state index in [1.54, 1.807) is 0 Å². The van der Waals surface area contributed by atoms with Gasteiger partial charge in [0.05, 0.1) is 0 Å². The van der Waals surface area contributed by atoms with Crippen LogP contribution in [0.3, 0.4) is 0 Å². The smallest absolute Gasteiger partial charge is 0.164 e. The second-order valence-electron chi connectivity index (χ2n) is 11.7. The van der Waals surface area contributed by atoms with Crippen molar-refractivity contribution in [3.8, 4) is 56.4 Å². The molecule has 1 aliphatic carbocycles.